The van der Waals surface area contributed by atoms with Crippen LogP contribution in [-0.2, 0) is 9.59 Å². The highest BCUT2D eigenvalue weighted by Crippen LogP contribution is 2.51. The maximum Gasteiger partial charge on any atom is 0.141 e. The number of ketones is 2. The van der Waals surface area contributed by atoms with Gasteiger partial charge >= 0.3 is 0 Å². The van der Waals surface area contributed by atoms with E-state index in [1.165, 1.54) is 33.4 Å². The van der Waals surface area contributed by atoms with Crippen molar-refractivity contribution in [2.45, 2.75) is 107 Å². The van der Waals surface area contributed by atoms with Gasteiger partial charge in [-0.2, -0.15) is 0 Å². The van der Waals surface area contributed by atoms with Crippen LogP contribution in [0, 0.1) is 35.5 Å². The molecule has 0 saturated heterocycles. The van der Waals surface area contributed by atoms with E-state index in [9.17, 15) is 9.59 Å². The van der Waals surface area contributed by atoms with Gasteiger partial charge in [0.15, 0.2) is 0 Å². The van der Waals surface area contributed by atoms with Crippen molar-refractivity contribution in [2.24, 2.45) is 35.5 Å². The Labute approximate surface area is 233 Å². The Morgan fingerprint density at radius 3 is 1.42 bits per heavy atom. The van der Waals surface area contributed by atoms with Crippen LogP contribution in [0.25, 0.3) is 0 Å². The predicted octanol–water partition coefficient (Wildman–Crippen LogP) is 9.70. The van der Waals surface area contributed by atoms with Gasteiger partial charge in [-0.3, -0.25) is 9.59 Å². The van der Waals surface area contributed by atoms with Gasteiger partial charge in [-0.15, -0.1) is 0 Å². The first-order valence-electron chi connectivity index (χ1n) is 15.0. The zero-order valence-corrected chi connectivity index (χ0v) is 25.4. The average molecular weight is 517 g/mol. The van der Waals surface area contributed by atoms with E-state index in [2.05, 4.69) is 91.8 Å². The van der Waals surface area contributed by atoms with Gasteiger partial charge in [-0.25, -0.2) is 0 Å². The second-order valence-corrected chi connectivity index (χ2v) is 12.9. The lowest BCUT2D eigenvalue weighted by Crippen LogP contribution is -2.54. The maximum atomic E-state index is 14.4. The third-order valence-corrected chi connectivity index (χ3v) is 9.30. The number of fused-ring (bicyclic) bond motifs is 2. The molecule has 0 radical (unpaired) electrons. The van der Waals surface area contributed by atoms with Gasteiger partial charge < -0.3 is 0 Å². The van der Waals surface area contributed by atoms with Crippen LogP contribution in [0.1, 0.15) is 107 Å². The SMILES string of the molecule is CC(C)=CCCC(C)=CCC1C(C)=CCC2C(=O)C3CC=C(C)C(CC=C(C)CCC=C(C)C)C3C(=O)C21. The van der Waals surface area contributed by atoms with Crippen LogP contribution in [0.2, 0.25) is 0 Å². The summed E-state index contributed by atoms with van der Waals surface area (Å²) in [5, 5.41) is 0. The van der Waals surface area contributed by atoms with Crippen molar-refractivity contribution in [3.05, 3.63) is 69.9 Å². The van der Waals surface area contributed by atoms with Crippen molar-refractivity contribution in [1.29, 1.82) is 0 Å². The van der Waals surface area contributed by atoms with Gasteiger partial charge in [0.2, 0.25) is 0 Å². The molecule has 208 valence electrons. The predicted molar refractivity (Wildman–Crippen MR) is 162 cm³/mol. The summed E-state index contributed by atoms with van der Waals surface area (Å²) in [6.07, 6.45) is 21.2. The van der Waals surface area contributed by atoms with Crippen molar-refractivity contribution in [1.82, 2.24) is 0 Å². The monoisotopic (exact) mass is 516 g/mol. The third-order valence-electron chi connectivity index (χ3n) is 9.30. The topological polar surface area (TPSA) is 34.1 Å². The van der Waals surface area contributed by atoms with Crippen LogP contribution < -0.4 is 0 Å². The van der Waals surface area contributed by atoms with E-state index >= 15 is 0 Å². The first kappa shape index (κ1) is 30.3. The van der Waals surface area contributed by atoms with Gasteiger partial charge in [-0.05, 0) is 119 Å². The van der Waals surface area contributed by atoms with E-state index < -0.39 is 0 Å². The molecule has 0 aromatic rings. The minimum absolute atomic E-state index is 0.134. The molecule has 3 aliphatic carbocycles. The van der Waals surface area contributed by atoms with E-state index in [4.69, 9.17) is 0 Å². The van der Waals surface area contributed by atoms with Crippen LogP contribution in [0.4, 0.5) is 0 Å². The molecule has 2 heteroatoms. The van der Waals surface area contributed by atoms with Crippen LogP contribution >= 0.6 is 0 Å². The maximum absolute atomic E-state index is 14.4. The fraction of sp³-hybridized carbons (Fsp3) is 0.611. The molecule has 1 fully saturated rings. The summed E-state index contributed by atoms with van der Waals surface area (Å²) in [6.45, 7) is 17.4. The van der Waals surface area contributed by atoms with Crippen LogP contribution in [0.3, 0.4) is 0 Å². The average Bonchev–Trinajstić information content (AvgIpc) is 2.85. The van der Waals surface area contributed by atoms with Crippen LogP contribution in [-0.4, -0.2) is 11.6 Å². The second-order valence-electron chi connectivity index (χ2n) is 12.9. The Balaban J connectivity index is 1.82. The number of allylic oxidation sites excluding steroid dienone is 12. The molecule has 6 atom stereocenters. The summed E-state index contributed by atoms with van der Waals surface area (Å²) >= 11 is 0. The summed E-state index contributed by atoms with van der Waals surface area (Å²) in [5.74, 6) is 0.446. The number of Topliss-reactive ketones (excluding diaryl/α,β-unsaturated/α-hetero) is 2. The normalized spacial score (nSPS) is 29.7. The lowest BCUT2D eigenvalue weighted by Gasteiger charge is -2.48. The lowest BCUT2D eigenvalue weighted by molar-refractivity contribution is -0.151. The quantitative estimate of drug-likeness (QED) is 0.271. The zero-order valence-electron chi connectivity index (χ0n) is 25.4. The van der Waals surface area contributed by atoms with E-state index in [1.807, 2.05) is 0 Å². The number of hydrogen-bond donors (Lipinski definition) is 0. The summed E-state index contributed by atoms with van der Waals surface area (Å²) in [5.41, 5.74) is 8.08. The molecule has 2 nitrogen and oxygen atoms in total. The molecule has 0 aliphatic heterocycles. The number of rotatable bonds is 10. The molecule has 0 aromatic carbocycles. The van der Waals surface area contributed by atoms with Crippen molar-refractivity contribution >= 4 is 11.6 Å². The van der Waals surface area contributed by atoms with Crippen molar-refractivity contribution in [3.8, 4) is 0 Å². The smallest absolute Gasteiger partial charge is 0.141 e. The first-order valence-corrected chi connectivity index (χ1v) is 15.0. The molecular formula is C36H52O2. The van der Waals surface area contributed by atoms with Gasteiger partial charge in [0.25, 0.3) is 0 Å². The molecular weight excluding hydrogens is 464 g/mol. The summed E-state index contributed by atoms with van der Waals surface area (Å²) in [6, 6.07) is 0. The largest absolute Gasteiger partial charge is 0.299 e. The lowest BCUT2D eigenvalue weighted by atomic mass is 9.53. The van der Waals surface area contributed by atoms with E-state index in [0.29, 0.717) is 11.6 Å². The van der Waals surface area contributed by atoms with Crippen molar-refractivity contribution < 1.29 is 9.59 Å². The Morgan fingerprint density at radius 2 is 1.05 bits per heavy atom. The van der Waals surface area contributed by atoms with Gasteiger partial charge in [0.1, 0.15) is 11.6 Å². The first-order chi connectivity index (χ1) is 18.0. The minimum atomic E-state index is -0.160. The van der Waals surface area contributed by atoms with E-state index in [1.54, 1.807) is 0 Å². The van der Waals surface area contributed by atoms with E-state index in [-0.39, 0.29) is 35.5 Å². The fourth-order valence-electron chi connectivity index (χ4n) is 6.93. The summed E-state index contributed by atoms with van der Waals surface area (Å²) in [7, 11) is 0. The van der Waals surface area contributed by atoms with Crippen molar-refractivity contribution in [2.75, 3.05) is 0 Å². The third kappa shape index (κ3) is 7.45. The second kappa shape index (κ2) is 13.7. The standard InChI is InChI=1S/C36H52O2/c1-23(2)11-9-13-25(5)15-19-29-27(7)17-21-31-33(29)36(38)34-30(28(8)18-22-32(34)35(31)37)20-16-26(6)14-10-12-24(3)4/h11-12,15-18,29-34H,9-10,13-14,19-22H2,1-8H3. The van der Waals surface area contributed by atoms with Gasteiger partial charge in [-0.1, -0.05) is 69.9 Å². The highest BCUT2D eigenvalue weighted by molar-refractivity contribution is 6.01. The van der Waals surface area contributed by atoms with Crippen LogP contribution in [0.5, 0.6) is 0 Å². The Kier molecular flexibility index (Phi) is 10.9. The molecule has 3 rings (SSSR count). The Bertz CT molecular complexity index is 983. The number of carbonyl (C=O) groups is 2. The molecule has 0 heterocycles. The number of carbonyl (C=O) groups excluding carboxylic acids is 2. The Hall–Kier alpha value is -2.22. The molecule has 0 N–H and O–H groups in total. The summed E-state index contributed by atoms with van der Waals surface area (Å²) in [4.78, 5) is 28.2. The highest BCUT2D eigenvalue weighted by atomic mass is 16.1. The summed E-state index contributed by atoms with van der Waals surface area (Å²) < 4.78 is 0. The van der Waals surface area contributed by atoms with Crippen molar-refractivity contribution in [3.63, 3.8) is 0 Å². The molecule has 38 heavy (non-hydrogen) atoms. The van der Waals surface area contributed by atoms with Gasteiger partial charge in [0.05, 0.1) is 0 Å². The fourth-order valence-corrected chi connectivity index (χ4v) is 6.93. The zero-order chi connectivity index (χ0) is 28.0. The van der Waals surface area contributed by atoms with Crippen LogP contribution in [0.15, 0.2) is 69.9 Å². The molecule has 6 unspecified atom stereocenters. The Morgan fingerprint density at radius 1 is 0.658 bits per heavy atom. The molecule has 0 aromatic heterocycles. The number of hydrogen-bond acceptors (Lipinski definition) is 2. The molecule has 0 bridgehead atoms. The highest BCUT2D eigenvalue weighted by Gasteiger charge is 2.55. The minimum Gasteiger partial charge on any atom is -0.299 e. The molecule has 1 saturated carbocycles. The van der Waals surface area contributed by atoms with E-state index in [0.717, 1.165) is 51.4 Å². The van der Waals surface area contributed by atoms with Gasteiger partial charge in [0, 0.05) is 23.7 Å². The molecule has 0 amide bonds. The molecule has 0 spiro atoms. The molecule has 3 aliphatic rings.